The Kier molecular flexibility index (Phi) is 61.4. The lowest BCUT2D eigenvalue weighted by molar-refractivity contribution is -0.166. The lowest BCUT2D eigenvalue weighted by Gasteiger charge is -2.18. The lowest BCUT2D eigenvalue weighted by Crippen LogP contribution is -2.30. The lowest BCUT2D eigenvalue weighted by atomic mass is 10.0. The summed E-state index contributed by atoms with van der Waals surface area (Å²) < 4.78 is 16.8. The first-order valence-electron chi connectivity index (χ1n) is 32.0. The molecule has 0 saturated heterocycles. The number of allylic oxidation sites excluding steroid dienone is 25. The Hall–Kier alpha value is -4.97. The second kappa shape index (κ2) is 65.5. The number of carbonyl (C=O) groups is 3. The molecule has 0 rings (SSSR count). The first-order chi connectivity index (χ1) is 39.0. The second-order valence-electron chi connectivity index (χ2n) is 20.6. The number of hydrogen-bond acceptors (Lipinski definition) is 6. The van der Waals surface area contributed by atoms with Gasteiger partial charge in [0.15, 0.2) is 6.10 Å². The maximum absolute atomic E-state index is 12.9. The first-order valence-corrected chi connectivity index (χ1v) is 32.0. The monoisotopic (exact) mass is 1090 g/mol. The van der Waals surface area contributed by atoms with Gasteiger partial charge in [-0.3, -0.25) is 14.4 Å². The second-order valence-corrected chi connectivity index (χ2v) is 20.6. The van der Waals surface area contributed by atoms with Crippen LogP contribution in [0.4, 0.5) is 0 Å². The van der Waals surface area contributed by atoms with Crippen molar-refractivity contribution in [1.82, 2.24) is 0 Å². The van der Waals surface area contributed by atoms with Gasteiger partial charge in [-0.15, -0.1) is 0 Å². The van der Waals surface area contributed by atoms with E-state index >= 15 is 0 Å². The van der Waals surface area contributed by atoms with E-state index in [9.17, 15) is 14.4 Å². The topological polar surface area (TPSA) is 78.9 Å². The molecule has 0 spiro atoms. The maximum atomic E-state index is 12.9. The van der Waals surface area contributed by atoms with Gasteiger partial charge in [-0.05, 0) is 122 Å². The van der Waals surface area contributed by atoms with Gasteiger partial charge in [0, 0.05) is 12.8 Å². The number of esters is 3. The van der Waals surface area contributed by atoms with E-state index in [0.29, 0.717) is 6.42 Å². The van der Waals surface area contributed by atoms with E-state index in [-0.39, 0.29) is 44.4 Å². The molecule has 444 valence electrons. The molecule has 6 nitrogen and oxygen atoms in total. The predicted molar refractivity (Wildman–Crippen MR) is 343 cm³/mol. The summed E-state index contributed by atoms with van der Waals surface area (Å²) in [7, 11) is 0. The normalized spacial score (nSPS) is 13.2. The number of ether oxygens (including phenoxy) is 3. The highest BCUT2D eigenvalue weighted by atomic mass is 16.6. The molecule has 0 aliphatic carbocycles. The van der Waals surface area contributed by atoms with Crippen molar-refractivity contribution in [2.75, 3.05) is 13.2 Å². The maximum Gasteiger partial charge on any atom is 0.309 e. The molecule has 0 aromatic heterocycles. The van der Waals surface area contributed by atoms with Gasteiger partial charge in [-0.2, -0.15) is 0 Å². The van der Waals surface area contributed by atoms with Crippen LogP contribution in [0.1, 0.15) is 265 Å². The molecule has 0 heterocycles. The van der Waals surface area contributed by atoms with Crippen molar-refractivity contribution in [2.24, 2.45) is 0 Å². The molecule has 0 aromatic rings. The minimum atomic E-state index is -0.851. The molecule has 0 amide bonds. The molecule has 6 heteroatoms. The van der Waals surface area contributed by atoms with Crippen LogP contribution < -0.4 is 0 Å². The predicted octanol–water partition coefficient (Wildman–Crippen LogP) is 22.1. The van der Waals surface area contributed by atoms with Crippen LogP contribution in [0.5, 0.6) is 0 Å². The Morgan fingerprint density at radius 1 is 0.278 bits per heavy atom. The van der Waals surface area contributed by atoms with Gasteiger partial charge in [-0.25, -0.2) is 0 Å². The fourth-order valence-corrected chi connectivity index (χ4v) is 8.32. The van der Waals surface area contributed by atoms with Gasteiger partial charge in [-0.1, -0.05) is 281 Å². The third-order valence-electron chi connectivity index (χ3n) is 13.0. The summed E-state index contributed by atoms with van der Waals surface area (Å²) >= 11 is 0. The Balaban J connectivity index is 4.54. The first kappa shape index (κ1) is 74.0. The largest absolute Gasteiger partial charge is 0.462 e. The minimum Gasteiger partial charge on any atom is -0.462 e. The summed E-state index contributed by atoms with van der Waals surface area (Å²) in [5, 5.41) is 0. The third-order valence-corrected chi connectivity index (χ3v) is 13.0. The van der Waals surface area contributed by atoms with E-state index in [1.165, 1.54) is 116 Å². The van der Waals surface area contributed by atoms with Crippen LogP contribution in [0.2, 0.25) is 0 Å². The molecule has 0 aromatic carbocycles. The van der Waals surface area contributed by atoms with Gasteiger partial charge in [0.05, 0.1) is 6.42 Å². The average molecular weight is 1090 g/mol. The molecule has 0 radical (unpaired) electrons. The molecule has 0 N–H and O–H groups in total. The van der Waals surface area contributed by atoms with Crippen molar-refractivity contribution in [3.63, 3.8) is 0 Å². The van der Waals surface area contributed by atoms with Crippen LogP contribution in [-0.4, -0.2) is 37.2 Å². The fourth-order valence-electron chi connectivity index (χ4n) is 8.32. The Morgan fingerprint density at radius 2 is 0.557 bits per heavy atom. The SMILES string of the molecule is CC/C=C\C/C=C\C/C=C\C/C=C\C/C=C\C/C=C\C/C=C\CCCC(=O)OCC(COC(=O)C/C=C\C/C=C\C/C=C\C/C=C\C/C=C\CC)OC(=O)CCCCCCCCCCCCC/C=C\CCCCCCCCCC. The van der Waals surface area contributed by atoms with Crippen LogP contribution in [0.3, 0.4) is 0 Å². The summed E-state index contributed by atoms with van der Waals surface area (Å²) in [4.78, 5) is 38.2. The average Bonchev–Trinajstić information content (AvgIpc) is 3.45. The standard InChI is InChI=1S/C73H116O6/c1-4-7-10-13-16-19-22-25-28-30-32-34-36-38-40-42-45-48-51-54-57-60-63-66-72(75)78-69-70(68-77-71(74)65-62-59-56-53-50-47-44-27-24-21-18-15-12-9-6-3)79-73(76)67-64-61-58-55-52-49-46-43-41-39-37-35-33-31-29-26-23-20-17-14-11-8-5-2/h7,9-10,12,16,18-19,21,25,27-28,31-34,38,40,44-45,48,50,53-54,57,59,62,70H,4-6,8,11,13-15,17,20,22-24,26,29-30,35-37,39,41-43,46-47,49,51-52,55-56,58,60-61,63-69H2,1-3H3/b10-7-,12-9-,19-16-,21-18-,28-25-,33-31-,34-32-,40-38-,44-27-,48-45-,53-50-,57-54-,62-59-. The molecule has 79 heavy (non-hydrogen) atoms. The van der Waals surface area contributed by atoms with Crippen LogP contribution in [0.15, 0.2) is 158 Å². The van der Waals surface area contributed by atoms with E-state index in [0.717, 1.165) is 103 Å². The van der Waals surface area contributed by atoms with Gasteiger partial charge in [0.25, 0.3) is 0 Å². The Morgan fingerprint density at radius 3 is 0.937 bits per heavy atom. The molecule has 0 aliphatic heterocycles. The number of carbonyl (C=O) groups excluding carboxylic acids is 3. The van der Waals surface area contributed by atoms with Crippen LogP contribution in [0.25, 0.3) is 0 Å². The zero-order valence-electron chi connectivity index (χ0n) is 50.8. The zero-order chi connectivity index (χ0) is 57.1. The molecule has 0 fully saturated rings. The van der Waals surface area contributed by atoms with Crippen molar-refractivity contribution < 1.29 is 28.6 Å². The highest BCUT2D eigenvalue weighted by molar-refractivity contribution is 5.72. The van der Waals surface area contributed by atoms with Crippen molar-refractivity contribution in [3.05, 3.63) is 158 Å². The zero-order valence-corrected chi connectivity index (χ0v) is 50.8. The highest BCUT2D eigenvalue weighted by Gasteiger charge is 2.19. The van der Waals surface area contributed by atoms with Crippen LogP contribution >= 0.6 is 0 Å². The summed E-state index contributed by atoms with van der Waals surface area (Å²) in [6, 6.07) is 0. The van der Waals surface area contributed by atoms with Gasteiger partial charge < -0.3 is 14.2 Å². The van der Waals surface area contributed by atoms with Gasteiger partial charge in [0.1, 0.15) is 13.2 Å². The molecule has 0 bridgehead atoms. The van der Waals surface area contributed by atoms with E-state index < -0.39 is 12.1 Å². The molecule has 0 aliphatic rings. The quantitative estimate of drug-likeness (QED) is 0.0261. The smallest absolute Gasteiger partial charge is 0.309 e. The van der Waals surface area contributed by atoms with Crippen molar-refractivity contribution in [3.8, 4) is 0 Å². The highest BCUT2D eigenvalue weighted by Crippen LogP contribution is 2.15. The van der Waals surface area contributed by atoms with Crippen LogP contribution in [-0.2, 0) is 28.6 Å². The molecule has 1 atom stereocenters. The van der Waals surface area contributed by atoms with E-state index in [1.54, 1.807) is 6.08 Å². The van der Waals surface area contributed by atoms with Crippen molar-refractivity contribution >= 4 is 17.9 Å². The van der Waals surface area contributed by atoms with E-state index in [2.05, 4.69) is 167 Å². The Bertz CT molecular complexity index is 1780. The fraction of sp³-hybridized carbons (Fsp3) is 0.603. The molecule has 1 unspecified atom stereocenters. The van der Waals surface area contributed by atoms with Crippen molar-refractivity contribution in [1.29, 1.82) is 0 Å². The van der Waals surface area contributed by atoms with E-state index in [4.69, 9.17) is 14.2 Å². The van der Waals surface area contributed by atoms with Crippen molar-refractivity contribution in [2.45, 2.75) is 271 Å². The summed E-state index contributed by atoms with van der Waals surface area (Å²) in [5.41, 5.74) is 0. The van der Waals surface area contributed by atoms with Gasteiger partial charge >= 0.3 is 17.9 Å². The Labute approximate surface area is 486 Å². The van der Waals surface area contributed by atoms with Crippen LogP contribution in [0, 0.1) is 0 Å². The number of hydrogen-bond donors (Lipinski definition) is 0. The molecule has 0 saturated carbocycles. The number of unbranched alkanes of at least 4 members (excludes halogenated alkanes) is 20. The third kappa shape index (κ3) is 63.7. The summed E-state index contributed by atoms with van der Waals surface area (Å²) in [6.45, 7) is 6.28. The molecular weight excluding hydrogens is 973 g/mol. The summed E-state index contributed by atoms with van der Waals surface area (Å²) in [6.07, 6.45) is 95.7. The number of rotatable bonds is 56. The van der Waals surface area contributed by atoms with Gasteiger partial charge in [0.2, 0.25) is 0 Å². The molecular formula is C73H116O6. The minimum absolute atomic E-state index is 0.110. The summed E-state index contributed by atoms with van der Waals surface area (Å²) in [5.74, 6) is -1.13. The van der Waals surface area contributed by atoms with E-state index in [1.807, 2.05) is 6.08 Å².